The van der Waals surface area contributed by atoms with Crippen LogP contribution >= 0.6 is 0 Å². The van der Waals surface area contributed by atoms with Crippen molar-refractivity contribution < 1.29 is 9.90 Å². The van der Waals surface area contributed by atoms with Gasteiger partial charge in [-0.25, -0.2) is 4.98 Å². The van der Waals surface area contributed by atoms with Crippen LogP contribution in [0.1, 0.15) is 23.2 Å². The largest absolute Gasteiger partial charge is 0.507 e. The first-order chi connectivity index (χ1) is 15.1. The fourth-order valence-corrected chi connectivity index (χ4v) is 3.21. The molecule has 3 heterocycles. The fraction of sp³-hybridized carbons (Fsp3) is 0.182. The fourth-order valence-electron chi connectivity index (χ4n) is 3.21. The quantitative estimate of drug-likeness (QED) is 0.302. The van der Waals surface area contributed by atoms with Gasteiger partial charge in [0.15, 0.2) is 5.65 Å². The molecule has 0 atom stereocenters. The predicted octanol–water partition coefficient (Wildman–Crippen LogP) is 1.91. The summed E-state index contributed by atoms with van der Waals surface area (Å²) in [6, 6.07) is 12.2. The minimum atomic E-state index is -0.106. The number of rotatable bonds is 8. The maximum Gasteiger partial charge on any atom is 0.251 e. The third-order valence-corrected chi connectivity index (χ3v) is 4.82. The number of hydrogen-bond donors (Lipinski definition) is 3. The molecule has 4 aromatic rings. The molecule has 0 aliphatic carbocycles. The summed E-state index contributed by atoms with van der Waals surface area (Å²) in [7, 11) is 6.02. The van der Waals surface area contributed by atoms with Crippen LogP contribution in [0, 0.1) is 0 Å². The number of fused-ring (bicyclic) bond motifs is 1. The number of carbonyl (C=O) groups excluding carboxylic acids is 1. The predicted molar refractivity (Wildman–Crippen MR) is 120 cm³/mol. The van der Waals surface area contributed by atoms with Gasteiger partial charge in [0, 0.05) is 48.9 Å². The normalized spacial score (nSPS) is 10.8. The van der Waals surface area contributed by atoms with Crippen molar-refractivity contribution in [3.05, 3.63) is 66.6 Å². The monoisotopic (exact) mass is 412 g/mol. The highest BCUT2D eigenvalue weighted by molar-refractivity contribution is 6.36. The number of carbonyl (C=O) groups is 1. The highest BCUT2D eigenvalue weighted by Crippen LogP contribution is 2.29. The second kappa shape index (κ2) is 9.29. The second-order valence-electron chi connectivity index (χ2n) is 7.00. The van der Waals surface area contributed by atoms with Crippen LogP contribution in [0.2, 0.25) is 0 Å². The molecule has 3 N–H and O–H groups in total. The third-order valence-electron chi connectivity index (χ3n) is 4.82. The maximum absolute atomic E-state index is 12.0. The van der Waals surface area contributed by atoms with E-state index in [4.69, 9.17) is 7.85 Å². The van der Waals surface area contributed by atoms with Gasteiger partial charge in [-0.2, -0.15) is 9.61 Å². The van der Waals surface area contributed by atoms with Crippen molar-refractivity contribution in [2.75, 3.05) is 18.4 Å². The van der Waals surface area contributed by atoms with Crippen LogP contribution in [0.15, 0.2) is 61.1 Å². The number of para-hydroxylation sites is 1. The van der Waals surface area contributed by atoms with Gasteiger partial charge in [0.25, 0.3) is 5.91 Å². The SMILES string of the molecule is [B]c1cnn2c(NCCCCNC(=O)c3ccncc3)cc(-c3ccccc3O)nc12. The molecule has 9 heteroatoms. The molecule has 154 valence electrons. The number of aromatic nitrogens is 4. The van der Waals surface area contributed by atoms with E-state index >= 15 is 0 Å². The molecule has 0 aliphatic heterocycles. The molecule has 0 aliphatic rings. The lowest BCUT2D eigenvalue weighted by atomic mass is 10.0. The average Bonchev–Trinajstić information content (AvgIpc) is 3.17. The van der Waals surface area contributed by atoms with Gasteiger partial charge in [0.1, 0.15) is 19.4 Å². The van der Waals surface area contributed by atoms with Gasteiger partial charge in [-0.3, -0.25) is 9.78 Å². The number of nitrogens with one attached hydrogen (secondary N) is 2. The molecule has 4 rings (SSSR count). The maximum atomic E-state index is 12.0. The number of nitrogens with zero attached hydrogens (tertiary/aromatic N) is 4. The zero-order valence-corrected chi connectivity index (χ0v) is 16.8. The Balaban J connectivity index is 1.38. The summed E-state index contributed by atoms with van der Waals surface area (Å²) in [5, 5.41) is 20.7. The van der Waals surface area contributed by atoms with Gasteiger partial charge < -0.3 is 15.7 Å². The number of benzene rings is 1. The van der Waals surface area contributed by atoms with Crippen molar-refractivity contribution in [3.63, 3.8) is 0 Å². The highest BCUT2D eigenvalue weighted by atomic mass is 16.3. The van der Waals surface area contributed by atoms with Crippen LogP contribution in [-0.4, -0.2) is 51.5 Å². The van der Waals surface area contributed by atoms with E-state index in [0.29, 0.717) is 41.0 Å². The first-order valence-corrected chi connectivity index (χ1v) is 9.98. The summed E-state index contributed by atoms with van der Waals surface area (Å²) in [6.45, 7) is 1.25. The van der Waals surface area contributed by atoms with Crippen molar-refractivity contribution in [3.8, 4) is 17.0 Å². The molecule has 3 aromatic heterocycles. The number of phenols is 1. The van der Waals surface area contributed by atoms with E-state index in [1.54, 1.807) is 53.4 Å². The summed E-state index contributed by atoms with van der Waals surface area (Å²) < 4.78 is 1.64. The summed E-state index contributed by atoms with van der Waals surface area (Å²) in [4.78, 5) is 20.5. The number of unbranched alkanes of at least 4 members (excludes halogenated alkanes) is 1. The Bertz CT molecular complexity index is 1200. The van der Waals surface area contributed by atoms with Crippen molar-refractivity contribution in [2.24, 2.45) is 0 Å². The van der Waals surface area contributed by atoms with Gasteiger partial charge in [-0.15, -0.1) is 0 Å². The topological polar surface area (TPSA) is 104 Å². The van der Waals surface area contributed by atoms with Gasteiger partial charge in [-0.1, -0.05) is 12.1 Å². The lowest BCUT2D eigenvalue weighted by Crippen LogP contribution is -2.24. The first kappa shape index (κ1) is 20.4. The second-order valence-corrected chi connectivity index (χ2v) is 7.00. The zero-order valence-electron chi connectivity index (χ0n) is 16.8. The minimum Gasteiger partial charge on any atom is -0.507 e. The standard InChI is InChI=1S/C22H21BN6O2/c23-17-14-27-29-20(13-18(28-21(17)29)16-5-1-2-6-19(16)30)25-9-3-4-10-26-22(31)15-7-11-24-12-8-15/h1-2,5-8,11-14,25,30H,3-4,9-10H2,(H,26,31). The van der Waals surface area contributed by atoms with E-state index in [1.165, 1.54) is 0 Å². The minimum absolute atomic E-state index is 0.106. The number of hydrogen-bond acceptors (Lipinski definition) is 6. The Kier molecular flexibility index (Phi) is 6.12. The van der Waals surface area contributed by atoms with Crippen LogP contribution in [0.25, 0.3) is 16.9 Å². The van der Waals surface area contributed by atoms with Gasteiger partial charge in [-0.05, 0) is 42.6 Å². The molecule has 1 amide bonds. The molecule has 0 fully saturated rings. The molecule has 2 radical (unpaired) electrons. The average molecular weight is 412 g/mol. The Morgan fingerprint density at radius 2 is 1.87 bits per heavy atom. The lowest BCUT2D eigenvalue weighted by molar-refractivity contribution is 0.0953. The van der Waals surface area contributed by atoms with E-state index in [9.17, 15) is 9.90 Å². The van der Waals surface area contributed by atoms with E-state index in [0.717, 1.165) is 18.7 Å². The highest BCUT2D eigenvalue weighted by Gasteiger charge is 2.12. The summed E-state index contributed by atoms with van der Waals surface area (Å²) in [5.74, 6) is 0.764. The van der Waals surface area contributed by atoms with Gasteiger partial charge in [0.2, 0.25) is 0 Å². The number of aromatic hydroxyl groups is 1. The van der Waals surface area contributed by atoms with Crippen LogP contribution < -0.4 is 16.1 Å². The Morgan fingerprint density at radius 1 is 1.10 bits per heavy atom. The molecule has 1 aromatic carbocycles. The van der Waals surface area contributed by atoms with Crippen molar-refractivity contribution in [1.29, 1.82) is 0 Å². The van der Waals surface area contributed by atoms with Crippen LogP contribution in [-0.2, 0) is 0 Å². The molecule has 8 nitrogen and oxygen atoms in total. The van der Waals surface area contributed by atoms with Crippen molar-refractivity contribution >= 4 is 30.7 Å². The number of phenolic OH excluding ortho intramolecular Hbond substituents is 1. The van der Waals surface area contributed by atoms with E-state index in [1.807, 2.05) is 12.1 Å². The molecule has 0 unspecified atom stereocenters. The smallest absolute Gasteiger partial charge is 0.251 e. The first-order valence-electron chi connectivity index (χ1n) is 9.98. The van der Waals surface area contributed by atoms with Gasteiger partial charge >= 0.3 is 0 Å². The Labute approximate surface area is 180 Å². The van der Waals surface area contributed by atoms with E-state index < -0.39 is 0 Å². The van der Waals surface area contributed by atoms with E-state index in [2.05, 4.69) is 25.7 Å². The molecule has 0 saturated carbocycles. The third kappa shape index (κ3) is 4.66. The summed E-state index contributed by atoms with van der Waals surface area (Å²) in [5.41, 5.74) is 2.80. The number of pyridine rings is 1. The van der Waals surface area contributed by atoms with Crippen LogP contribution in [0.3, 0.4) is 0 Å². The molecule has 0 saturated heterocycles. The Morgan fingerprint density at radius 3 is 2.68 bits per heavy atom. The lowest BCUT2D eigenvalue weighted by Gasteiger charge is -2.12. The molecular formula is C22H21BN6O2. The van der Waals surface area contributed by atoms with Crippen LogP contribution in [0.5, 0.6) is 5.75 Å². The van der Waals surface area contributed by atoms with E-state index in [-0.39, 0.29) is 11.7 Å². The number of anilines is 1. The van der Waals surface area contributed by atoms with Crippen LogP contribution in [0.4, 0.5) is 5.82 Å². The summed E-state index contributed by atoms with van der Waals surface area (Å²) >= 11 is 0. The van der Waals surface area contributed by atoms with Crippen molar-refractivity contribution in [2.45, 2.75) is 12.8 Å². The zero-order chi connectivity index (χ0) is 21.6. The van der Waals surface area contributed by atoms with Crippen molar-refractivity contribution in [1.82, 2.24) is 24.9 Å². The molecule has 0 bridgehead atoms. The summed E-state index contributed by atoms with van der Waals surface area (Å²) in [6.07, 6.45) is 6.39. The molecule has 31 heavy (non-hydrogen) atoms. The molecule has 0 spiro atoms. The number of amides is 1. The molecular weight excluding hydrogens is 391 g/mol. The van der Waals surface area contributed by atoms with Gasteiger partial charge in [0.05, 0.1) is 5.69 Å². The Hall–Kier alpha value is -3.88.